The number of hydrogen-bond acceptors (Lipinski definition) is 3. The Balaban J connectivity index is 2.61. The van der Waals surface area contributed by atoms with Crippen LogP contribution in [-0.2, 0) is 4.79 Å². The summed E-state index contributed by atoms with van der Waals surface area (Å²) in [5.74, 6) is -1.21. The minimum atomic E-state index is -1.06. The third-order valence-corrected chi connectivity index (χ3v) is 3.65. The van der Waals surface area contributed by atoms with E-state index in [9.17, 15) is 9.59 Å². The Morgan fingerprint density at radius 2 is 2.00 bits per heavy atom. The summed E-state index contributed by atoms with van der Waals surface area (Å²) < 4.78 is 0. The van der Waals surface area contributed by atoms with Gasteiger partial charge in [-0.05, 0) is 43.0 Å². The molecule has 4 N–H and O–H groups in total. The molecule has 0 saturated heterocycles. The number of halogens is 1. The van der Waals surface area contributed by atoms with Crippen molar-refractivity contribution in [2.75, 3.05) is 11.9 Å². The molecule has 0 unspecified atom stereocenters. The van der Waals surface area contributed by atoms with Gasteiger partial charge in [-0.25, -0.2) is 4.79 Å². The molecule has 1 aromatic carbocycles. The van der Waals surface area contributed by atoms with Crippen LogP contribution in [0.1, 0.15) is 43.5 Å². The second-order valence-electron chi connectivity index (χ2n) is 5.75. The quantitative estimate of drug-likeness (QED) is 0.721. The number of nitrogens with one attached hydrogen (secondary N) is 1. The second-order valence-corrected chi connectivity index (χ2v) is 6.16. The summed E-state index contributed by atoms with van der Waals surface area (Å²) in [6.45, 7) is 4.74. The van der Waals surface area contributed by atoms with Gasteiger partial charge >= 0.3 is 5.97 Å². The van der Waals surface area contributed by atoms with Gasteiger partial charge in [-0.3, -0.25) is 4.79 Å². The van der Waals surface area contributed by atoms with Gasteiger partial charge in [-0.1, -0.05) is 25.4 Å². The standard InChI is InChI=1S/C15H21ClN2O3/c1-15(2,7-8-17)6-5-13(19)18-12-4-3-10(14(20)21)9-11(12)16/h3-4,9H,5-8,17H2,1-2H3,(H,18,19)(H,20,21). The lowest BCUT2D eigenvalue weighted by Gasteiger charge is -2.23. The number of anilines is 1. The Morgan fingerprint density at radius 3 is 2.52 bits per heavy atom. The molecular formula is C15H21ClN2O3. The lowest BCUT2D eigenvalue weighted by molar-refractivity contribution is -0.116. The summed E-state index contributed by atoms with van der Waals surface area (Å²) in [5, 5.41) is 11.8. The zero-order valence-electron chi connectivity index (χ0n) is 12.3. The number of rotatable bonds is 7. The molecule has 0 saturated carbocycles. The summed E-state index contributed by atoms with van der Waals surface area (Å²) >= 11 is 5.96. The molecule has 1 aromatic rings. The Bertz CT molecular complexity index is 530. The molecule has 21 heavy (non-hydrogen) atoms. The predicted octanol–water partition coefficient (Wildman–Crippen LogP) is 3.13. The summed E-state index contributed by atoms with van der Waals surface area (Å²) in [6.07, 6.45) is 1.94. The smallest absolute Gasteiger partial charge is 0.335 e. The zero-order chi connectivity index (χ0) is 16.0. The molecule has 1 amide bonds. The van der Waals surface area contributed by atoms with Crippen LogP contribution in [0.25, 0.3) is 0 Å². The van der Waals surface area contributed by atoms with Crippen LogP contribution in [0, 0.1) is 5.41 Å². The van der Waals surface area contributed by atoms with Crippen molar-refractivity contribution in [3.63, 3.8) is 0 Å². The maximum Gasteiger partial charge on any atom is 0.335 e. The average molecular weight is 313 g/mol. The van der Waals surface area contributed by atoms with E-state index in [0.717, 1.165) is 12.8 Å². The first kappa shape index (κ1) is 17.5. The molecule has 0 heterocycles. The Kier molecular flexibility index (Phi) is 6.18. The molecule has 1 rings (SSSR count). The highest BCUT2D eigenvalue weighted by atomic mass is 35.5. The fraction of sp³-hybridized carbons (Fsp3) is 0.467. The lowest BCUT2D eigenvalue weighted by atomic mass is 9.84. The van der Waals surface area contributed by atoms with Gasteiger partial charge in [-0.2, -0.15) is 0 Å². The number of hydrogen-bond donors (Lipinski definition) is 3. The van der Waals surface area contributed by atoms with Crippen molar-refractivity contribution in [3.05, 3.63) is 28.8 Å². The van der Waals surface area contributed by atoms with E-state index in [1.165, 1.54) is 18.2 Å². The first-order chi connectivity index (χ1) is 9.75. The molecule has 0 radical (unpaired) electrons. The van der Waals surface area contributed by atoms with Gasteiger partial charge in [-0.15, -0.1) is 0 Å². The first-order valence-electron chi connectivity index (χ1n) is 6.78. The topological polar surface area (TPSA) is 92.4 Å². The van der Waals surface area contributed by atoms with E-state index in [1.54, 1.807) is 0 Å². The largest absolute Gasteiger partial charge is 0.478 e. The molecule has 0 bridgehead atoms. The summed E-state index contributed by atoms with van der Waals surface area (Å²) in [4.78, 5) is 22.7. The van der Waals surface area contributed by atoms with Crippen LogP contribution in [0.3, 0.4) is 0 Å². The van der Waals surface area contributed by atoms with Crippen molar-refractivity contribution in [1.29, 1.82) is 0 Å². The van der Waals surface area contributed by atoms with Gasteiger partial charge in [0, 0.05) is 6.42 Å². The lowest BCUT2D eigenvalue weighted by Crippen LogP contribution is -2.20. The maximum atomic E-state index is 11.9. The number of amides is 1. The number of benzene rings is 1. The van der Waals surface area contributed by atoms with E-state index in [1.807, 2.05) is 0 Å². The van der Waals surface area contributed by atoms with E-state index in [0.29, 0.717) is 18.7 Å². The van der Waals surface area contributed by atoms with Crippen molar-refractivity contribution in [2.45, 2.75) is 33.1 Å². The molecule has 0 atom stereocenters. The van der Waals surface area contributed by atoms with E-state index in [2.05, 4.69) is 19.2 Å². The van der Waals surface area contributed by atoms with Crippen LogP contribution in [0.5, 0.6) is 0 Å². The van der Waals surface area contributed by atoms with Gasteiger partial charge in [0.1, 0.15) is 0 Å². The Hall–Kier alpha value is -1.59. The molecule has 0 aromatic heterocycles. The SMILES string of the molecule is CC(C)(CCN)CCC(=O)Nc1ccc(C(=O)O)cc1Cl. The molecule has 0 aliphatic carbocycles. The predicted molar refractivity (Wildman–Crippen MR) is 83.7 cm³/mol. The van der Waals surface area contributed by atoms with E-state index >= 15 is 0 Å². The molecule has 0 aliphatic rings. The van der Waals surface area contributed by atoms with Gasteiger partial charge < -0.3 is 16.2 Å². The van der Waals surface area contributed by atoms with Crippen molar-refractivity contribution in [2.24, 2.45) is 11.1 Å². The number of aromatic carboxylic acids is 1. The number of nitrogens with two attached hydrogens (primary N) is 1. The third-order valence-electron chi connectivity index (χ3n) is 3.34. The number of carboxylic acids is 1. The normalized spacial score (nSPS) is 11.2. The van der Waals surface area contributed by atoms with Gasteiger partial charge in [0.25, 0.3) is 0 Å². The fourth-order valence-electron chi connectivity index (χ4n) is 1.93. The first-order valence-corrected chi connectivity index (χ1v) is 7.16. The van der Waals surface area contributed by atoms with Gasteiger partial charge in [0.05, 0.1) is 16.3 Å². The average Bonchev–Trinajstić information content (AvgIpc) is 2.38. The zero-order valence-corrected chi connectivity index (χ0v) is 13.0. The highest BCUT2D eigenvalue weighted by Crippen LogP contribution is 2.27. The van der Waals surface area contributed by atoms with Gasteiger partial charge in [0.2, 0.25) is 5.91 Å². The minimum Gasteiger partial charge on any atom is -0.478 e. The van der Waals surface area contributed by atoms with Gasteiger partial charge in [0.15, 0.2) is 0 Å². The molecule has 0 fully saturated rings. The molecule has 0 spiro atoms. The van der Waals surface area contributed by atoms with Crippen LogP contribution >= 0.6 is 11.6 Å². The molecule has 5 nitrogen and oxygen atoms in total. The number of carbonyl (C=O) groups is 2. The second kappa shape index (κ2) is 7.43. The molecule has 0 aliphatic heterocycles. The van der Waals surface area contributed by atoms with Crippen molar-refractivity contribution in [3.8, 4) is 0 Å². The summed E-state index contributed by atoms with van der Waals surface area (Å²) in [7, 11) is 0. The monoisotopic (exact) mass is 312 g/mol. The highest BCUT2D eigenvalue weighted by Gasteiger charge is 2.18. The maximum absolute atomic E-state index is 11.9. The van der Waals surface area contributed by atoms with E-state index in [4.69, 9.17) is 22.4 Å². The Labute approximate surface area is 129 Å². The van der Waals surface area contributed by atoms with Crippen LogP contribution < -0.4 is 11.1 Å². The van der Waals surface area contributed by atoms with Crippen LogP contribution in [0.2, 0.25) is 5.02 Å². The summed E-state index contributed by atoms with van der Waals surface area (Å²) in [5.41, 5.74) is 6.06. The summed E-state index contributed by atoms with van der Waals surface area (Å²) in [6, 6.07) is 4.22. The third kappa shape index (κ3) is 5.73. The molecule has 116 valence electrons. The Morgan fingerprint density at radius 1 is 1.33 bits per heavy atom. The van der Waals surface area contributed by atoms with E-state index in [-0.39, 0.29) is 21.9 Å². The minimum absolute atomic E-state index is 0.0169. The fourth-order valence-corrected chi connectivity index (χ4v) is 2.16. The van der Waals surface area contributed by atoms with Crippen molar-refractivity contribution < 1.29 is 14.7 Å². The molecule has 6 heteroatoms. The van der Waals surface area contributed by atoms with Crippen molar-refractivity contribution >= 4 is 29.2 Å². The van der Waals surface area contributed by atoms with Crippen LogP contribution in [0.15, 0.2) is 18.2 Å². The highest BCUT2D eigenvalue weighted by molar-refractivity contribution is 6.34. The number of carboxylic acid groups (broad SMARTS) is 1. The van der Waals surface area contributed by atoms with E-state index < -0.39 is 5.97 Å². The van der Waals surface area contributed by atoms with Crippen LogP contribution in [0.4, 0.5) is 5.69 Å². The number of carbonyl (C=O) groups excluding carboxylic acids is 1. The van der Waals surface area contributed by atoms with Crippen molar-refractivity contribution in [1.82, 2.24) is 0 Å². The van der Waals surface area contributed by atoms with Crippen LogP contribution in [-0.4, -0.2) is 23.5 Å². The molecular weight excluding hydrogens is 292 g/mol.